The number of carbonyl (C=O) groups is 1. The van der Waals surface area contributed by atoms with Gasteiger partial charge in [0.25, 0.3) is 0 Å². The predicted molar refractivity (Wildman–Crippen MR) is 138 cm³/mol. The largest absolute Gasteiger partial charge is 0.489 e. The van der Waals surface area contributed by atoms with Gasteiger partial charge in [0.15, 0.2) is 0 Å². The molecule has 2 heterocycles. The van der Waals surface area contributed by atoms with Crippen LogP contribution in [-0.2, 0) is 29.2 Å². The molecule has 4 aromatic rings. The summed E-state index contributed by atoms with van der Waals surface area (Å²) >= 11 is 0. The highest BCUT2D eigenvalue weighted by Crippen LogP contribution is 2.28. The number of aromatic nitrogens is 2. The van der Waals surface area contributed by atoms with E-state index in [0.29, 0.717) is 25.3 Å². The average Bonchev–Trinajstić information content (AvgIpc) is 3.44. The number of carbonyl (C=O) groups excluding carboxylic acids is 1. The number of esters is 1. The van der Waals surface area contributed by atoms with Crippen molar-refractivity contribution in [1.29, 1.82) is 0 Å². The lowest BCUT2D eigenvalue weighted by Gasteiger charge is -2.19. The van der Waals surface area contributed by atoms with Crippen LogP contribution in [0, 0.1) is 0 Å². The van der Waals surface area contributed by atoms with Crippen molar-refractivity contribution in [2.75, 3.05) is 7.11 Å². The summed E-state index contributed by atoms with van der Waals surface area (Å²) in [6.07, 6.45) is 2.04. The van der Waals surface area contributed by atoms with Gasteiger partial charge < -0.3 is 23.3 Å². The van der Waals surface area contributed by atoms with Gasteiger partial charge in [-0.2, -0.15) is 0 Å². The fourth-order valence-electron chi connectivity index (χ4n) is 4.04. The van der Waals surface area contributed by atoms with E-state index in [2.05, 4.69) is 35.7 Å². The fraction of sp³-hybridized carbons (Fsp3) is 0.379. The average molecular weight is 491 g/mol. The molecule has 0 saturated heterocycles. The molecule has 0 N–H and O–H groups in total. The summed E-state index contributed by atoms with van der Waals surface area (Å²) in [4.78, 5) is 11.9. The summed E-state index contributed by atoms with van der Waals surface area (Å²) in [7, 11) is 1.39. The van der Waals surface area contributed by atoms with Crippen molar-refractivity contribution in [3.05, 3.63) is 82.9 Å². The zero-order valence-corrected chi connectivity index (χ0v) is 21.8. The second-order valence-electron chi connectivity index (χ2n) is 10.2. The number of hydrogen-bond acceptors (Lipinski definition) is 6. The van der Waals surface area contributed by atoms with Gasteiger partial charge in [-0.1, -0.05) is 31.1 Å². The Labute approximate surface area is 211 Å². The molecule has 190 valence electrons. The van der Waals surface area contributed by atoms with Crippen molar-refractivity contribution in [3.63, 3.8) is 0 Å². The van der Waals surface area contributed by atoms with Crippen LogP contribution in [-0.4, -0.2) is 28.4 Å². The third-order valence-corrected chi connectivity index (χ3v) is 5.89. The number of nitrogens with zero attached hydrogens (tertiary/aromatic N) is 2. The van der Waals surface area contributed by atoms with Crippen LogP contribution in [0.5, 0.6) is 5.75 Å². The third kappa shape index (κ3) is 5.97. The highest BCUT2D eigenvalue weighted by Gasteiger charge is 2.21. The molecule has 0 spiro atoms. The smallest absolute Gasteiger partial charge is 0.337 e. The van der Waals surface area contributed by atoms with Crippen molar-refractivity contribution in [1.82, 2.24) is 9.72 Å². The van der Waals surface area contributed by atoms with E-state index < -0.39 is 0 Å². The molecular formula is C29H34N2O5. The van der Waals surface area contributed by atoms with E-state index in [9.17, 15) is 4.79 Å². The minimum Gasteiger partial charge on any atom is -0.489 e. The SMILES string of the molecule is COC(=O)c1cccc(Cn2ccc3cc(OCc4c(COC(C)(C)C)noc4C(C)C)ccc32)c1. The zero-order valence-electron chi connectivity index (χ0n) is 21.8. The first-order valence-corrected chi connectivity index (χ1v) is 12.1. The molecular weight excluding hydrogens is 456 g/mol. The molecule has 0 aliphatic heterocycles. The molecule has 0 fully saturated rings. The lowest BCUT2D eigenvalue weighted by atomic mass is 10.1. The monoisotopic (exact) mass is 490 g/mol. The number of rotatable bonds is 9. The first-order valence-electron chi connectivity index (χ1n) is 12.1. The Morgan fingerprint density at radius 1 is 1.08 bits per heavy atom. The number of benzene rings is 2. The second-order valence-corrected chi connectivity index (χ2v) is 10.2. The van der Waals surface area contributed by atoms with Gasteiger partial charge in [0.05, 0.1) is 30.4 Å². The topological polar surface area (TPSA) is 75.7 Å². The van der Waals surface area contributed by atoms with E-state index in [-0.39, 0.29) is 17.5 Å². The molecule has 0 radical (unpaired) electrons. The normalized spacial score (nSPS) is 11.9. The fourth-order valence-corrected chi connectivity index (χ4v) is 4.04. The predicted octanol–water partition coefficient (Wildman–Crippen LogP) is 6.48. The minimum atomic E-state index is -0.336. The second kappa shape index (κ2) is 10.6. The Kier molecular flexibility index (Phi) is 7.50. The van der Waals surface area contributed by atoms with Crippen LogP contribution >= 0.6 is 0 Å². The summed E-state index contributed by atoms with van der Waals surface area (Å²) in [5, 5.41) is 5.33. The van der Waals surface area contributed by atoms with E-state index >= 15 is 0 Å². The molecule has 0 atom stereocenters. The molecule has 0 saturated carbocycles. The van der Waals surface area contributed by atoms with Gasteiger partial charge in [0.2, 0.25) is 0 Å². The number of hydrogen-bond donors (Lipinski definition) is 0. The van der Waals surface area contributed by atoms with Crippen molar-refractivity contribution in [3.8, 4) is 5.75 Å². The van der Waals surface area contributed by atoms with Crippen LogP contribution < -0.4 is 4.74 Å². The Hall–Kier alpha value is -3.58. The van der Waals surface area contributed by atoms with Crippen LogP contribution in [0.15, 0.2) is 59.3 Å². The molecule has 2 aromatic heterocycles. The molecule has 36 heavy (non-hydrogen) atoms. The molecule has 0 amide bonds. The van der Waals surface area contributed by atoms with Crippen LogP contribution in [0.1, 0.15) is 73.5 Å². The van der Waals surface area contributed by atoms with Crippen molar-refractivity contribution >= 4 is 16.9 Å². The zero-order chi connectivity index (χ0) is 25.9. The lowest BCUT2D eigenvalue weighted by molar-refractivity contribution is -0.0178. The lowest BCUT2D eigenvalue weighted by Crippen LogP contribution is -2.19. The van der Waals surface area contributed by atoms with E-state index in [4.69, 9.17) is 18.7 Å². The van der Waals surface area contributed by atoms with Gasteiger partial charge in [-0.25, -0.2) is 4.79 Å². The van der Waals surface area contributed by atoms with Gasteiger partial charge in [-0.15, -0.1) is 0 Å². The number of ether oxygens (including phenoxy) is 3. The maximum atomic E-state index is 11.9. The summed E-state index contributed by atoms with van der Waals surface area (Å²) < 4.78 is 24.7. The molecule has 7 heteroatoms. The Morgan fingerprint density at radius 3 is 2.61 bits per heavy atom. The Balaban J connectivity index is 1.50. The summed E-state index contributed by atoms with van der Waals surface area (Å²) in [6.45, 7) is 11.6. The Bertz CT molecular complexity index is 1340. The van der Waals surface area contributed by atoms with Gasteiger partial charge in [0, 0.05) is 29.6 Å². The van der Waals surface area contributed by atoms with E-state index in [1.54, 1.807) is 6.07 Å². The number of methoxy groups -OCH3 is 1. The van der Waals surface area contributed by atoms with E-state index in [1.807, 2.05) is 57.3 Å². The summed E-state index contributed by atoms with van der Waals surface area (Å²) in [5.74, 6) is 1.45. The Morgan fingerprint density at radius 2 is 1.89 bits per heavy atom. The van der Waals surface area contributed by atoms with E-state index in [1.165, 1.54) is 7.11 Å². The summed E-state index contributed by atoms with van der Waals surface area (Å²) in [6, 6.07) is 15.6. The van der Waals surface area contributed by atoms with Crippen LogP contribution in [0.25, 0.3) is 10.9 Å². The van der Waals surface area contributed by atoms with Crippen molar-refractivity contribution < 1.29 is 23.5 Å². The molecule has 0 aliphatic carbocycles. The first kappa shape index (κ1) is 25.5. The standard InChI is InChI=1S/C29H34N2O5/c1-19(2)27-24(25(30-36-27)18-35-29(3,4)5)17-34-23-10-11-26-21(15-23)12-13-31(26)16-20-8-7-9-22(14-20)28(32)33-6/h7-15,19H,16-18H2,1-6H3. The van der Waals surface area contributed by atoms with E-state index in [0.717, 1.165) is 39.2 Å². The van der Waals surface area contributed by atoms with Crippen LogP contribution in [0.3, 0.4) is 0 Å². The quantitative estimate of drug-likeness (QED) is 0.250. The first-order chi connectivity index (χ1) is 17.1. The van der Waals surface area contributed by atoms with Crippen molar-refractivity contribution in [2.24, 2.45) is 0 Å². The van der Waals surface area contributed by atoms with Gasteiger partial charge in [0.1, 0.15) is 23.8 Å². The third-order valence-electron chi connectivity index (χ3n) is 5.89. The molecule has 0 unspecified atom stereocenters. The highest BCUT2D eigenvalue weighted by molar-refractivity contribution is 5.89. The van der Waals surface area contributed by atoms with Gasteiger partial charge in [-0.3, -0.25) is 0 Å². The van der Waals surface area contributed by atoms with Gasteiger partial charge in [-0.05, 0) is 62.7 Å². The minimum absolute atomic E-state index is 0.189. The van der Waals surface area contributed by atoms with Crippen LogP contribution in [0.4, 0.5) is 0 Å². The molecule has 2 aromatic carbocycles. The van der Waals surface area contributed by atoms with Crippen LogP contribution in [0.2, 0.25) is 0 Å². The molecule has 7 nitrogen and oxygen atoms in total. The maximum absolute atomic E-state index is 11.9. The molecule has 0 aliphatic rings. The molecule has 4 rings (SSSR count). The number of fused-ring (bicyclic) bond motifs is 1. The highest BCUT2D eigenvalue weighted by atomic mass is 16.5. The molecule has 0 bridgehead atoms. The summed E-state index contributed by atoms with van der Waals surface area (Å²) in [5.41, 5.74) is 4.09. The van der Waals surface area contributed by atoms with Gasteiger partial charge >= 0.3 is 5.97 Å². The van der Waals surface area contributed by atoms with Crippen molar-refractivity contribution in [2.45, 2.75) is 65.9 Å². The maximum Gasteiger partial charge on any atom is 0.337 e.